The van der Waals surface area contributed by atoms with E-state index in [4.69, 9.17) is 4.74 Å². The summed E-state index contributed by atoms with van der Waals surface area (Å²) in [6.45, 7) is 7.96. The number of hydrogen-bond acceptors (Lipinski definition) is 1. The predicted molar refractivity (Wildman–Crippen MR) is 52.2 cm³/mol. The summed E-state index contributed by atoms with van der Waals surface area (Å²) in [6, 6.07) is 0. The van der Waals surface area contributed by atoms with E-state index in [0.717, 1.165) is 18.4 Å². The second-order valence-corrected chi connectivity index (χ2v) is 4.94. The number of hydrogen-bond donors (Lipinski definition) is 0. The summed E-state index contributed by atoms with van der Waals surface area (Å²) in [5, 5.41) is 0. The van der Waals surface area contributed by atoms with Gasteiger partial charge in [-0.3, -0.25) is 0 Å². The van der Waals surface area contributed by atoms with Crippen molar-refractivity contribution in [3.05, 3.63) is 0 Å². The van der Waals surface area contributed by atoms with Gasteiger partial charge < -0.3 is 4.74 Å². The van der Waals surface area contributed by atoms with E-state index in [0.29, 0.717) is 5.41 Å². The molecule has 0 spiro atoms. The number of methoxy groups -OCH3 is 1. The van der Waals surface area contributed by atoms with Gasteiger partial charge in [0.2, 0.25) is 0 Å². The minimum Gasteiger partial charge on any atom is -0.384 e. The number of rotatable bonds is 3. The van der Waals surface area contributed by atoms with Crippen LogP contribution >= 0.6 is 0 Å². The highest BCUT2D eigenvalue weighted by atomic mass is 16.5. The molecule has 1 heteroatoms. The molecule has 1 saturated carbocycles. The third kappa shape index (κ3) is 2.01. The molecule has 2 unspecified atom stereocenters. The summed E-state index contributed by atoms with van der Waals surface area (Å²) in [4.78, 5) is 0. The van der Waals surface area contributed by atoms with Crippen LogP contribution in [0.25, 0.3) is 0 Å². The molecule has 0 aliphatic heterocycles. The summed E-state index contributed by atoms with van der Waals surface area (Å²) in [6.07, 6.45) is 4.23. The van der Waals surface area contributed by atoms with Gasteiger partial charge >= 0.3 is 0 Å². The van der Waals surface area contributed by atoms with Gasteiger partial charge in [-0.15, -0.1) is 0 Å². The van der Waals surface area contributed by atoms with E-state index >= 15 is 0 Å². The van der Waals surface area contributed by atoms with Crippen molar-refractivity contribution in [1.82, 2.24) is 0 Å². The highest BCUT2D eigenvalue weighted by Gasteiger charge is 2.36. The van der Waals surface area contributed by atoms with Crippen molar-refractivity contribution in [1.29, 1.82) is 0 Å². The van der Waals surface area contributed by atoms with Gasteiger partial charge in [0.1, 0.15) is 0 Å². The zero-order valence-corrected chi connectivity index (χ0v) is 8.89. The van der Waals surface area contributed by atoms with E-state index in [1.165, 1.54) is 19.3 Å². The first-order valence-corrected chi connectivity index (χ1v) is 5.07. The largest absolute Gasteiger partial charge is 0.384 e. The van der Waals surface area contributed by atoms with Crippen molar-refractivity contribution in [2.75, 3.05) is 13.7 Å². The summed E-state index contributed by atoms with van der Waals surface area (Å²) >= 11 is 0. The quantitative estimate of drug-likeness (QED) is 0.632. The average molecular weight is 170 g/mol. The molecule has 0 aromatic carbocycles. The van der Waals surface area contributed by atoms with Gasteiger partial charge in [-0.2, -0.15) is 0 Å². The molecule has 0 saturated heterocycles. The molecule has 1 aliphatic carbocycles. The second-order valence-electron chi connectivity index (χ2n) is 4.94. The molecule has 0 radical (unpaired) electrons. The highest BCUT2D eigenvalue weighted by Crippen LogP contribution is 2.43. The fraction of sp³-hybridized carbons (Fsp3) is 1.00. The lowest BCUT2D eigenvalue weighted by molar-refractivity contribution is 0.0464. The van der Waals surface area contributed by atoms with Crippen LogP contribution in [0.5, 0.6) is 0 Å². The Morgan fingerprint density at radius 1 is 1.33 bits per heavy atom. The molecule has 0 heterocycles. The second kappa shape index (κ2) is 3.78. The minimum atomic E-state index is 0.380. The molecule has 1 nitrogen and oxygen atoms in total. The molecule has 72 valence electrons. The molecule has 0 bridgehead atoms. The van der Waals surface area contributed by atoms with Crippen molar-refractivity contribution in [2.45, 2.75) is 40.0 Å². The lowest BCUT2D eigenvalue weighted by Gasteiger charge is -2.33. The van der Waals surface area contributed by atoms with Gasteiger partial charge in [-0.25, -0.2) is 0 Å². The Morgan fingerprint density at radius 3 is 2.42 bits per heavy atom. The van der Waals surface area contributed by atoms with Gasteiger partial charge in [0.15, 0.2) is 0 Å². The Labute approximate surface area is 76.5 Å². The first-order chi connectivity index (χ1) is 5.58. The van der Waals surface area contributed by atoms with Crippen LogP contribution in [0.4, 0.5) is 0 Å². The molecule has 0 aromatic rings. The topological polar surface area (TPSA) is 9.23 Å². The normalized spacial score (nSPS) is 31.0. The average Bonchev–Trinajstić information content (AvgIpc) is 2.35. The lowest BCUT2D eigenvalue weighted by Crippen LogP contribution is -2.30. The standard InChI is InChI=1S/C11H22O/c1-9-6-5-7-10(9)11(2,3)8-12-4/h9-10H,5-8H2,1-4H3. The summed E-state index contributed by atoms with van der Waals surface area (Å²) < 4.78 is 5.27. The molecule has 1 fully saturated rings. The Hall–Kier alpha value is -0.0400. The predicted octanol–water partition coefficient (Wildman–Crippen LogP) is 3.10. The Morgan fingerprint density at radius 2 is 2.00 bits per heavy atom. The van der Waals surface area contributed by atoms with Crippen LogP contribution < -0.4 is 0 Å². The third-order valence-corrected chi connectivity index (χ3v) is 3.38. The summed E-state index contributed by atoms with van der Waals surface area (Å²) in [7, 11) is 1.81. The smallest absolute Gasteiger partial charge is 0.0516 e. The molecule has 2 atom stereocenters. The van der Waals surface area contributed by atoms with E-state index in [-0.39, 0.29) is 0 Å². The van der Waals surface area contributed by atoms with Crippen LogP contribution in [-0.2, 0) is 4.74 Å². The first-order valence-electron chi connectivity index (χ1n) is 5.07. The Bertz CT molecular complexity index is 140. The molecule has 12 heavy (non-hydrogen) atoms. The van der Waals surface area contributed by atoms with Crippen molar-refractivity contribution < 1.29 is 4.74 Å². The van der Waals surface area contributed by atoms with Gasteiger partial charge in [-0.05, 0) is 23.7 Å². The molecule has 0 aromatic heterocycles. The Kier molecular flexibility index (Phi) is 3.16. The molecule has 1 aliphatic rings. The minimum absolute atomic E-state index is 0.380. The maximum absolute atomic E-state index is 5.27. The van der Waals surface area contributed by atoms with Crippen LogP contribution in [0.1, 0.15) is 40.0 Å². The van der Waals surface area contributed by atoms with Crippen LogP contribution in [0, 0.1) is 17.3 Å². The van der Waals surface area contributed by atoms with Crippen molar-refractivity contribution >= 4 is 0 Å². The Balaban J connectivity index is 2.54. The summed E-state index contributed by atoms with van der Waals surface area (Å²) in [5.41, 5.74) is 0.380. The van der Waals surface area contributed by atoms with E-state index in [1.54, 1.807) is 7.11 Å². The maximum atomic E-state index is 5.27. The fourth-order valence-corrected chi connectivity index (χ4v) is 2.79. The van der Waals surface area contributed by atoms with Crippen LogP contribution in [0.2, 0.25) is 0 Å². The van der Waals surface area contributed by atoms with E-state index < -0.39 is 0 Å². The first kappa shape index (κ1) is 10.0. The van der Waals surface area contributed by atoms with Gasteiger partial charge in [0, 0.05) is 7.11 Å². The van der Waals surface area contributed by atoms with Gasteiger partial charge in [0.05, 0.1) is 6.61 Å². The van der Waals surface area contributed by atoms with Gasteiger partial charge in [-0.1, -0.05) is 33.6 Å². The molecule has 0 N–H and O–H groups in total. The van der Waals surface area contributed by atoms with Crippen molar-refractivity contribution in [2.24, 2.45) is 17.3 Å². The molecule has 0 amide bonds. The van der Waals surface area contributed by atoms with Crippen molar-refractivity contribution in [3.63, 3.8) is 0 Å². The van der Waals surface area contributed by atoms with Crippen LogP contribution in [-0.4, -0.2) is 13.7 Å². The molecule has 1 rings (SSSR count). The van der Waals surface area contributed by atoms with E-state index in [9.17, 15) is 0 Å². The number of ether oxygens (including phenoxy) is 1. The zero-order chi connectivity index (χ0) is 9.19. The molecular weight excluding hydrogens is 148 g/mol. The summed E-state index contributed by atoms with van der Waals surface area (Å²) in [5.74, 6) is 1.77. The van der Waals surface area contributed by atoms with Crippen LogP contribution in [0.3, 0.4) is 0 Å². The van der Waals surface area contributed by atoms with Crippen molar-refractivity contribution in [3.8, 4) is 0 Å². The monoisotopic (exact) mass is 170 g/mol. The third-order valence-electron chi connectivity index (χ3n) is 3.38. The van der Waals surface area contributed by atoms with Crippen LogP contribution in [0.15, 0.2) is 0 Å². The fourth-order valence-electron chi connectivity index (χ4n) is 2.79. The lowest BCUT2D eigenvalue weighted by atomic mass is 9.74. The zero-order valence-electron chi connectivity index (χ0n) is 8.89. The van der Waals surface area contributed by atoms with Gasteiger partial charge in [0.25, 0.3) is 0 Å². The highest BCUT2D eigenvalue weighted by molar-refractivity contribution is 4.85. The molecular formula is C11H22O. The van der Waals surface area contributed by atoms with E-state index in [1.807, 2.05) is 0 Å². The maximum Gasteiger partial charge on any atom is 0.0516 e. The SMILES string of the molecule is COCC(C)(C)C1CCCC1C. The van der Waals surface area contributed by atoms with E-state index in [2.05, 4.69) is 20.8 Å².